The molecule has 1 saturated heterocycles. The molecule has 0 bridgehead atoms. The van der Waals surface area contributed by atoms with E-state index in [1.165, 1.54) is 11.1 Å². The van der Waals surface area contributed by atoms with E-state index in [1.54, 1.807) is 0 Å². The molecule has 1 aromatic carbocycles. The van der Waals surface area contributed by atoms with Crippen LogP contribution >= 0.6 is 0 Å². The molecule has 1 aliphatic heterocycles. The highest BCUT2D eigenvalue weighted by molar-refractivity contribution is 5.21. The number of hydrogen-bond donors (Lipinski definition) is 1. The van der Waals surface area contributed by atoms with Crippen LogP contribution in [0.1, 0.15) is 25.0 Å². The minimum Gasteiger partial charge on any atom is -0.349 e. The van der Waals surface area contributed by atoms with Gasteiger partial charge in [-0.3, -0.25) is 0 Å². The molecule has 0 aliphatic carbocycles. The van der Waals surface area contributed by atoms with E-state index in [2.05, 4.69) is 36.5 Å². The van der Waals surface area contributed by atoms with Crippen LogP contribution in [0.4, 0.5) is 0 Å². The summed E-state index contributed by atoms with van der Waals surface area (Å²) in [6.45, 7) is 8.27. The van der Waals surface area contributed by atoms with E-state index in [-0.39, 0.29) is 6.04 Å². The zero-order valence-corrected chi connectivity index (χ0v) is 10.8. The van der Waals surface area contributed by atoms with Crippen molar-refractivity contribution in [3.63, 3.8) is 0 Å². The fourth-order valence-corrected chi connectivity index (χ4v) is 1.78. The number of aryl methyl sites for hydroxylation is 1. The molecule has 1 aliphatic rings. The maximum Gasteiger partial charge on any atom is 0.162 e. The molecule has 1 N–H and O–H groups in total. The van der Waals surface area contributed by atoms with Crippen LogP contribution in [0.15, 0.2) is 24.3 Å². The highest BCUT2D eigenvalue weighted by Crippen LogP contribution is 2.17. The number of ether oxygens (including phenoxy) is 2. The van der Waals surface area contributed by atoms with E-state index >= 15 is 0 Å². The number of nitrogens with one attached hydrogen (secondary N) is 1. The summed E-state index contributed by atoms with van der Waals surface area (Å²) in [5.74, 6) is -0.429. The first-order valence-corrected chi connectivity index (χ1v) is 6.12. The van der Waals surface area contributed by atoms with Gasteiger partial charge in [-0.2, -0.15) is 0 Å². The molecule has 0 spiro atoms. The van der Waals surface area contributed by atoms with Crippen molar-refractivity contribution in [2.45, 2.75) is 39.1 Å². The number of hydrogen-bond acceptors (Lipinski definition) is 3. The molecule has 94 valence electrons. The lowest BCUT2D eigenvalue weighted by molar-refractivity contribution is -0.253. The average Bonchev–Trinajstić information content (AvgIpc) is 2.30. The lowest BCUT2D eigenvalue weighted by Crippen LogP contribution is -2.48. The van der Waals surface area contributed by atoms with Crippen LogP contribution in [0.3, 0.4) is 0 Å². The highest BCUT2D eigenvalue weighted by Gasteiger charge is 2.27. The van der Waals surface area contributed by atoms with Gasteiger partial charge in [0.05, 0.1) is 19.3 Å². The van der Waals surface area contributed by atoms with Crippen molar-refractivity contribution >= 4 is 0 Å². The smallest absolute Gasteiger partial charge is 0.162 e. The summed E-state index contributed by atoms with van der Waals surface area (Å²) in [4.78, 5) is 0. The van der Waals surface area contributed by atoms with Gasteiger partial charge in [-0.25, -0.2) is 0 Å². The molecule has 2 rings (SSSR count). The Hall–Kier alpha value is -0.900. The average molecular weight is 235 g/mol. The van der Waals surface area contributed by atoms with Crippen LogP contribution < -0.4 is 5.32 Å². The SMILES string of the molecule is Cc1ccc(CNC2COC(C)(C)OC2)cc1. The summed E-state index contributed by atoms with van der Waals surface area (Å²) in [6.07, 6.45) is 0. The maximum atomic E-state index is 5.60. The molecule has 0 atom stereocenters. The summed E-state index contributed by atoms with van der Waals surface area (Å²) >= 11 is 0. The molecule has 0 aromatic heterocycles. The first-order chi connectivity index (χ1) is 8.05. The lowest BCUT2D eigenvalue weighted by atomic mass is 10.1. The fraction of sp³-hybridized carbons (Fsp3) is 0.571. The van der Waals surface area contributed by atoms with Crippen molar-refractivity contribution in [1.29, 1.82) is 0 Å². The molecule has 3 nitrogen and oxygen atoms in total. The van der Waals surface area contributed by atoms with Gasteiger partial charge in [-0.1, -0.05) is 29.8 Å². The summed E-state index contributed by atoms with van der Waals surface area (Å²) < 4.78 is 11.2. The lowest BCUT2D eigenvalue weighted by Gasteiger charge is -2.35. The first-order valence-electron chi connectivity index (χ1n) is 6.12. The van der Waals surface area contributed by atoms with E-state index in [4.69, 9.17) is 9.47 Å². The maximum absolute atomic E-state index is 5.60. The van der Waals surface area contributed by atoms with Crippen LogP contribution in [0.2, 0.25) is 0 Å². The molecular weight excluding hydrogens is 214 g/mol. The Kier molecular flexibility index (Phi) is 3.82. The molecule has 1 fully saturated rings. The standard InChI is InChI=1S/C14H21NO2/c1-11-4-6-12(7-5-11)8-15-13-9-16-14(2,3)17-10-13/h4-7,13,15H,8-10H2,1-3H3. The zero-order chi connectivity index (χ0) is 12.3. The van der Waals surface area contributed by atoms with Crippen LogP contribution in [0, 0.1) is 6.92 Å². The third-order valence-electron chi connectivity index (χ3n) is 2.98. The van der Waals surface area contributed by atoms with Crippen molar-refractivity contribution in [1.82, 2.24) is 5.32 Å². The van der Waals surface area contributed by atoms with Crippen LogP contribution in [-0.2, 0) is 16.0 Å². The van der Waals surface area contributed by atoms with E-state index in [1.807, 2.05) is 13.8 Å². The van der Waals surface area contributed by atoms with E-state index in [0.29, 0.717) is 13.2 Å². The Morgan fingerprint density at radius 2 is 1.76 bits per heavy atom. The van der Waals surface area contributed by atoms with Crippen LogP contribution in [0.25, 0.3) is 0 Å². The predicted octanol–water partition coefficient (Wildman–Crippen LogP) is 2.24. The molecule has 0 saturated carbocycles. The molecule has 0 amide bonds. The summed E-state index contributed by atoms with van der Waals surface area (Å²) in [6, 6.07) is 8.85. The van der Waals surface area contributed by atoms with E-state index in [0.717, 1.165) is 6.54 Å². The Balaban J connectivity index is 1.78. The summed E-state index contributed by atoms with van der Waals surface area (Å²) in [5, 5.41) is 3.45. The monoisotopic (exact) mass is 235 g/mol. The first kappa shape index (κ1) is 12.6. The summed E-state index contributed by atoms with van der Waals surface area (Å²) in [5.41, 5.74) is 2.58. The largest absolute Gasteiger partial charge is 0.349 e. The normalized spacial score (nSPS) is 20.4. The van der Waals surface area contributed by atoms with E-state index < -0.39 is 5.79 Å². The van der Waals surface area contributed by atoms with Gasteiger partial charge in [0, 0.05) is 6.54 Å². The van der Waals surface area contributed by atoms with Gasteiger partial charge < -0.3 is 14.8 Å². The second-order valence-corrected chi connectivity index (χ2v) is 5.09. The second kappa shape index (κ2) is 5.17. The Morgan fingerprint density at radius 1 is 1.18 bits per heavy atom. The van der Waals surface area contributed by atoms with Crippen LogP contribution in [0.5, 0.6) is 0 Å². The van der Waals surface area contributed by atoms with Gasteiger partial charge in [-0.05, 0) is 26.3 Å². The van der Waals surface area contributed by atoms with Crippen molar-refractivity contribution < 1.29 is 9.47 Å². The molecule has 0 radical (unpaired) electrons. The molecule has 3 heteroatoms. The van der Waals surface area contributed by atoms with Gasteiger partial charge in [0.25, 0.3) is 0 Å². The minimum atomic E-state index is -0.429. The van der Waals surface area contributed by atoms with Gasteiger partial charge >= 0.3 is 0 Å². The third-order valence-corrected chi connectivity index (χ3v) is 2.98. The predicted molar refractivity (Wildman–Crippen MR) is 67.8 cm³/mol. The van der Waals surface area contributed by atoms with E-state index in [9.17, 15) is 0 Å². The van der Waals surface area contributed by atoms with Gasteiger partial charge in [0.1, 0.15) is 0 Å². The van der Waals surface area contributed by atoms with Gasteiger partial charge in [0.15, 0.2) is 5.79 Å². The molecule has 1 heterocycles. The molecule has 17 heavy (non-hydrogen) atoms. The fourth-order valence-electron chi connectivity index (χ4n) is 1.78. The Morgan fingerprint density at radius 3 is 2.35 bits per heavy atom. The Labute approximate surface area is 103 Å². The third kappa shape index (κ3) is 3.80. The number of benzene rings is 1. The molecular formula is C14H21NO2. The second-order valence-electron chi connectivity index (χ2n) is 5.09. The number of rotatable bonds is 3. The van der Waals surface area contributed by atoms with Gasteiger partial charge in [0.2, 0.25) is 0 Å². The molecule has 1 aromatic rings. The minimum absolute atomic E-state index is 0.282. The van der Waals surface area contributed by atoms with Crippen LogP contribution in [-0.4, -0.2) is 25.0 Å². The topological polar surface area (TPSA) is 30.5 Å². The van der Waals surface area contributed by atoms with Crippen molar-refractivity contribution in [3.8, 4) is 0 Å². The summed E-state index contributed by atoms with van der Waals surface area (Å²) in [7, 11) is 0. The molecule has 0 unspecified atom stereocenters. The Bertz CT molecular complexity index is 349. The van der Waals surface area contributed by atoms with Crippen molar-refractivity contribution in [2.75, 3.05) is 13.2 Å². The highest BCUT2D eigenvalue weighted by atomic mass is 16.7. The quantitative estimate of drug-likeness (QED) is 0.871. The van der Waals surface area contributed by atoms with Crippen molar-refractivity contribution in [3.05, 3.63) is 35.4 Å². The van der Waals surface area contributed by atoms with Crippen molar-refractivity contribution in [2.24, 2.45) is 0 Å². The zero-order valence-electron chi connectivity index (χ0n) is 10.8. The van der Waals surface area contributed by atoms with Gasteiger partial charge in [-0.15, -0.1) is 0 Å².